The minimum atomic E-state index is -4.55. The van der Waals surface area contributed by atoms with E-state index in [1.54, 1.807) is 6.92 Å². The van der Waals surface area contributed by atoms with Crippen molar-refractivity contribution in [3.8, 4) is 0 Å². The number of hydrogen-bond donors (Lipinski definition) is 1. The normalized spacial score (nSPS) is 13.6. The van der Waals surface area contributed by atoms with Gasteiger partial charge in [-0.05, 0) is 44.4 Å². The zero-order valence-electron chi connectivity index (χ0n) is 13.8. The number of hydrogen-bond acceptors (Lipinski definition) is 3. The summed E-state index contributed by atoms with van der Waals surface area (Å²) in [6.07, 6.45) is -2.37. The lowest BCUT2D eigenvalue weighted by atomic mass is 10.2. The molecule has 1 aliphatic rings. The summed E-state index contributed by atoms with van der Waals surface area (Å²) in [5.41, 5.74) is -0.0167. The zero-order chi connectivity index (χ0) is 19.1. The maximum Gasteiger partial charge on any atom is 0.416 e. The molecule has 0 fully saturated rings. The SMILES string of the molecule is Cc1nc2c(c(=O)n1CC(=O)Nc1cc(C(F)(F)F)ccc1Cl)CCC2. The lowest BCUT2D eigenvalue weighted by Gasteiger charge is -2.14. The van der Waals surface area contributed by atoms with E-state index in [2.05, 4.69) is 10.3 Å². The molecule has 0 bridgehead atoms. The Morgan fingerprint density at radius 3 is 2.77 bits per heavy atom. The van der Waals surface area contributed by atoms with Crippen LogP contribution >= 0.6 is 11.6 Å². The number of carbonyl (C=O) groups excluding carboxylic acids is 1. The van der Waals surface area contributed by atoms with Crippen molar-refractivity contribution >= 4 is 23.2 Å². The summed E-state index contributed by atoms with van der Waals surface area (Å²) in [6, 6.07) is 2.65. The Balaban J connectivity index is 1.84. The quantitative estimate of drug-likeness (QED) is 0.881. The Morgan fingerprint density at radius 2 is 2.08 bits per heavy atom. The lowest BCUT2D eigenvalue weighted by Crippen LogP contribution is -2.32. The molecule has 1 N–H and O–H groups in total. The summed E-state index contributed by atoms with van der Waals surface area (Å²) in [5, 5.41) is 2.31. The van der Waals surface area contributed by atoms with Gasteiger partial charge in [-0.3, -0.25) is 14.2 Å². The summed E-state index contributed by atoms with van der Waals surface area (Å²) in [7, 11) is 0. The van der Waals surface area contributed by atoms with Gasteiger partial charge in [-0.15, -0.1) is 0 Å². The van der Waals surface area contributed by atoms with Gasteiger partial charge in [0.25, 0.3) is 5.56 Å². The van der Waals surface area contributed by atoms with Crippen molar-refractivity contribution in [1.82, 2.24) is 9.55 Å². The fourth-order valence-corrected chi connectivity index (χ4v) is 3.13. The number of benzene rings is 1. The number of halogens is 4. The van der Waals surface area contributed by atoms with Crippen LogP contribution in [-0.2, 0) is 30.4 Å². The molecule has 9 heteroatoms. The molecule has 0 unspecified atom stereocenters. The molecule has 26 heavy (non-hydrogen) atoms. The van der Waals surface area contributed by atoms with Crippen LogP contribution in [0.1, 0.15) is 29.1 Å². The fraction of sp³-hybridized carbons (Fsp3) is 0.353. The molecule has 0 atom stereocenters. The molecule has 0 saturated heterocycles. The van der Waals surface area contributed by atoms with Gasteiger partial charge < -0.3 is 5.32 Å². The van der Waals surface area contributed by atoms with Crippen molar-refractivity contribution in [2.45, 2.75) is 38.9 Å². The number of aryl methyl sites for hydroxylation is 2. The van der Waals surface area contributed by atoms with E-state index in [1.807, 2.05) is 0 Å². The number of nitrogens with one attached hydrogen (secondary N) is 1. The molecular weight excluding hydrogens is 371 g/mol. The topological polar surface area (TPSA) is 64.0 Å². The first-order valence-electron chi connectivity index (χ1n) is 7.92. The molecule has 5 nitrogen and oxygen atoms in total. The van der Waals surface area contributed by atoms with Gasteiger partial charge in [0.2, 0.25) is 5.91 Å². The largest absolute Gasteiger partial charge is 0.416 e. The third-order valence-electron chi connectivity index (χ3n) is 4.25. The Labute approximate surface area is 151 Å². The van der Waals surface area contributed by atoms with Crippen LogP contribution in [0.3, 0.4) is 0 Å². The van der Waals surface area contributed by atoms with E-state index in [-0.39, 0.29) is 22.8 Å². The summed E-state index contributed by atoms with van der Waals surface area (Å²) in [5.74, 6) is -0.267. The Hall–Kier alpha value is -2.35. The highest BCUT2D eigenvalue weighted by atomic mass is 35.5. The van der Waals surface area contributed by atoms with Gasteiger partial charge >= 0.3 is 6.18 Å². The molecule has 0 spiro atoms. The standard InChI is InChI=1S/C17H15ClF3N3O2/c1-9-22-13-4-2-3-11(13)16(26)24(9)8-15(25)23-14-7-10(17(19,20)21)5-6-12(14)18/h5-7H,2-4,8H2,1H3,(H,23,25). The summed E-state index contributed by atoms with van der Waals surface area (Å²) in [4.78, 5) is 29.1. The Morgan fingerprint density at radius 1 is 1.35 bits per heavy atom. The van der Waals surface area contributed by atoms with Gasteiger partial charge in [-0.1, -0.05) is 11.6 Å². The highest BCUT2D eigenvalue weighted by Gasteiger charge is 2.31. The maximum absolute atomic E-state index is 12.8. The van der Waals surface area contributed by atoms with Crippen LogP contribution in [0, 0.1) is 6.92 Å². The Kier molecular flexibility index (Phi) is 4.79. The van der Waals surface area contributed by atoms with Gasteiger partial charge in [0.15, 0.2) is 0 Å². The van der Waals surface area contributed by atoms with Crippen LogP contribution in [0.15, 0.2) is 23.0 Å². The first-order chi connectivity index (χ1) is 12.2. The van der Waals surface area contributed by atoms with Crippen molar-refractivity contribution in [2.24, 2.45) is 0 Å². The number of carbonyl (C=O) groups is 1. The second-order valence-corrected chi connectivity index (χ2v) is 6.48. The van der Waals surface area contributed by atoms with Crippen LogP contribution in [0.2, 0.25) is 5.02 Å². The molecule has 1 amide bonds. The minimum absolute atomic E-state index is 0.0255. The average Bonchev–Trinajstić information content (AvgIpc) is 3.01. The van der Waals surface area contributed by atoms with Crippen molar-refractivity contribution in [2.75, 3.05) is 5.32 Å². The molecule has 0 aliphatic heterocycles. The third kappa shape index (κ3) is 3.60. The van der Waals surface area contributed by atoms with E-state index < -0.39 is 17.6 Å². The van der Waals surface area contributed by atoms with Gasteiger partial charge in [0.05, 0.1) is 22.0 Å². The van der Waals surface area contributed by atoms with Crippen molar-refractivity contribution in [1.29, 1.82) is 0 Å². The highest BCUT2D eigenvalue weighted by Crippen LogP contribution is 2.33. The third-order valence-corrected chi connectivity index (χ3v) is 4.58. The predicted molar refractivity (Wildman–Crippen MR) is 90.3 cm³/mol. The lowest BCUT2D eigenvalue weighted by molar-refractivity contribution is -0.137. The maximum atomic E-state index is 12.8. The number of alkyl halides is 3. The summed E-state index contributed by atoms with van der Waals surface area (Å²) in [6.45, 7) is 1.27. The van der Waals surface area contributed by atoms with E-state index in [0.717, 1.165) is 36.7 Å². The minimum Gasteiger partial charge on any atom is -0.323 e. The smallest absolute Gasteiger partial charge is 0.323 e. The predicted octanol–water partition coefficient (Wildman–Crippen LogP) is 3.35. The van der Waals surface area contributed by atoms with Gasteiger partial charge in [0.1, 0.15) is 12.4 Å². The first-order valence-corrected chi connectivity index (χ1v) is 8.30. The number of amides is 1. The second-order valence-electron chi connectivity index (χ2n) is 6.07. The monoisotopic (exact) mass is 385 g/mol. The number of fused-ring (bicyclic) bond motifs is 1. The summed E-state index contributed by atoms with van der Waals surface area (Å²) >= 11 is 5.87. The molecule has 1 heterocycles. The van der Waals surface area contributed by atoms with Crippen LogP contribution in [0.25, 0.3) is 0 Å². The molecular formula is C17H15ClF3N3O2. The van der Waals surface area contributed by atoms with Crippen molar-refractivity contribution in [3.05, 3.63) is 56.2 Å². The molecule has 138 valence electrons. The second kappa shape index (κ2) is 6.75. The zero-order valence-corrected chi connectivity index (χ0v) is 14.5. The number of rotatable bonds is 3. The van der Waals surface area contributed by atoms with Crippen LogP contribution in [0.5, 0.6) is 0 Å². The summed E-state index contributed by atoms with van der Waals surface area (Å²) < 4.78 is 39.6. The molecule has 3 rings (SSSR count). The van der Waals surface area contributed by atoms with Crippen LogP contribution in [-0.4, -0.2) is 15.5 Å². The van der Waals surface area contributed by atoms with E-state index in [4.69, 9.17) is 11.6 Å². The van der Waals surface area contributed by atoms with Gasteiger partial charge in [-0.25, -0.2) is 4.98 Å². The molecule has 0 radical (unpaired) electrons. The van der Waals surface area contributed by atoms with Gasteiger partial charge in [-0.2, -0.15) is 13.2 Å². The molecule has 2 aromatic rings. The average molecular weight is 386 g/mol. The van der Waals surface area contributed by atoms with Crippen molar-refractivity contribution in [3.63, 3.8) is 0 Å². The van der Waals surface area contributed by atoms with Gasteiger partial charge in [0, 0.05) is 5.56 Å². The highest BCUT2D eigenvalue weighted by molar-refractivity contribution is 6.33. The van der Waals surface area contributed by atoms with E-state index >= 15 is 0 Å². The molecule has 1 aromatic heterocycles. The number of anilines is 1. The molecule has 0 saturated carbocycles. The van der Waals surface area contributed by atoms with E-state index in [9.17, 15) is 22.8 Å². The number of aromatic nitrogens is 2. The van der Waals surface area contributed by atoms with E-state index in [1.165, 1.54) is 4.57 Å². The van der Waals surface area contributed by atoms with Crippen LogP contribution < -0.4 is 10.9 Å². The first kappa shape index (κ1) is 18.4. The van der Waals surface area contributed by atoms with Crippen LogP contribution in [0.4, 0.5) is 18.9 Å². The van der Waals surface area contributed by atoms with E-state index in [0.29, 0.717) is 17.8 Å². The molecule has 1 aliphatic carbocycles. The number of nitrogens with zero attached hydrogens (tertiary/aromatic N) is 2. The Bertz CT molecular complexity index is 938. The fourth-order valence-electron chi connectivity index (χ4n) is 2.96. The molecule has 1 aromatic carbocycles. The van der Waals surface area contributed by atoms with Crippen molar-refractivity contribution < 1.29 is 18.0 Å².